The van der Waals surface area contributed by atoms with E-state index in [2.05, 4.69) is 54.7 Å². The van der Waals surface area contributed by atoms with Crippen molar-refractivity contribution in [3.63, 3.8) is 0 Å². The molecular formula is C19H23NO. The summed E-state index contributed by atoms with van der Waals surface area (Å²) >= 11 is 0. The van der Waals surface area contributed by atoms with E-state index in [-0.39, 0.29) is 0 Å². The summed E-state index contributed by atoms with van der Waals surface area (Å²) in [6.07, 6.45) is 3.40. The van der Waals surface area contributed by atoms with Crippen molar-refractivity contribution in [3.8, 4) is 16.9 Å². The zero-order valence-corrected chi connectivity index (χ0v) is 12.7. The minimum absolute atomic E-state index is 0.834. The summed E-state index contributed by atoms with van der Waals surface area (Å²) in [7, 11) is 0. The van der Waals surface area contributed by atoms with E-state index in [1.54, 1.807) is 0 Å². The summed E-state index contributed by atoms with van der Waals surface area (Å²) < 4.78 is 5.97. The molecule has 0 amide bonds. The van der Waals surface area contributed by atoms with Crippen LogP contribution in [0.4, 0.5) is 0 Å². The summed E-state index contributed by atoms with van der Waals surface area (Å²) in [6, 6.07) is 15.2. The van der Waals surface area contributed by atoms with Gasteiger partial charge in [0.25, 0.3) is 0 Å². The van der Waals surface area contributed by atoms with E-state index in [1.165, 1.54) is 22.3 Å². The van der Waals surface area contributed by atoms with E-state index in [1.807, 2.05) is 0 Å². The summed E-state index contributed by atoms with van der Waals surface area (Å²) in [5, 5.41) is 3.50. The number of benzene rings is 2. The number of hydrogen-bond acceptors (Lipinski definition) is 2. The van der Waals surface area contributed by atoms with E-state index in [0.29, 0.717) is 0 Å². The molecule has 0 spiro atoms. The number of para-hydroxylation sites is 1. The molecule has 0 fully saturated rings. The molecule has 1 N–H and O–H groups in total. The molecule has 1 aliphatic rings. The summed E-state index contributed by atoms with van der Waals surface area (Å²) in [4.78, 5) is 0. The van der Waals surface area contributed by atoms with Crippen LogP contribution in [-0.4, -0.2) is 13.2 Å². The lowest BCUT2D eigenvalue weighted by Gasteiger charge is -2.21. The van der Waals surface area contributed by atoms with Gasteiger partial charge < -0.3 is 10.1 Å². The third-order valence-corrected chi connectivity index (χ3v) is 3.98. The maximum Gasteiger partial charge on any atom is 0.130 e. The van der Waals surface area contributed by atoms with Crippen molar-refractivity contribution in [2.75, 3.05) is 13.2 Å². The maximum absolute atomic E-state index is 5.97. The molecule has 2 nitrogen and oxygen atoms in total. The number of hydrogen-bond donors (Lipinski definition) is 1. The molecule has 0 aromatic heterocycles. The summed E-state index contributed by atoms with van der Waals surface area (Å²) in [5.41, 5.74) is 5.21. The Balaban J connectivity index is 1.97. The Labute approximate surface area is 127 Å². The second-order valence-corrected chi connectivity index (χ2v) is 5.58. The van der Waals surface area contributed by atoms with Crippen LogP contribution >= 0.6 is 0 Å². The molecule has 1 heterocycles. The molecule has 0 radical (unpaired) electrons. The molecule has 0 unspecified atom stereocenters. The SMILES string of the molecule is CCCNCc1ccccc1-c1cccc2c1OCCC2. The van der Waals surface area contributed by atoms with Gasteiger partial charge >= 0.3 is 0 Å². The molecule has 0 bridgehead atoms. The van der Waals surface area contributed by atoms with Crippen molar-refractivity contribution in [2.45, 2.75) is 32.7 Å². The van der Waals surface area contributed by atoms with Crippen LogP contribution in [0.5, 0.6) is 5.75 Å². The van der Waals surface area contributed by atoms with Crippen molar-refractivity contribution in [3.05, 3.63) is 53.6 Å². The highest BCUT2D eigenvalue weighted by Crippen LogP contribution is 2.37. The van der Waals surface area contributed by atoms with Gasteiger partial charge in [-0.2, -0.15) is 0 Å². The molecule has 0 saturated carbocycles. The van der Waals surface area contributed by atoms with E-state index in [9.17, 15) is 0 Å². The highest BCUT2D eigenvalue weighted by Gasteiger charge is 2.16. The van der Waals surface area contributed by atoms with Gasteiger partial charge in [-0.3, -0.25) is 0 Å². The first-order valence-electron chi connectivity index (χ1n) is 7.94. The van der Waals surface area contributed by atoms with Crippen LogP contribution in [0.25, 0.3) is 11.1 Å². The van der Waals surface area contributed by atoms with Crippen molar-refractivity contribution in [1.29, 1.82) is 0 Å². The van der Waals surface area contributed by atoms with Crippen molar-refractivity contribution in [1.82, 2.24) is 5.32 Å². The summed E-state index contributed by atoms with van der Waals surface area (Å²) in [6.45, 7) is 4.99. The Kier molecular flexibility index (Phi) is 4.56. The Bertz CT molecular complexity index is 606. The molecule has 3 rings (SSSR count). The lowest BCUT2D eigenvalue weighted by molar-refractivity contribution is 0.289. The maximum atomic E-state index is 5.97. The predicted molar refractivity (Wildman–Crippen MR) is 87.7 cm³/mol. The van der Waals surface area contributed by atoms with Crippen LogP contribution in [0.1, 0.15) is 30.9 Å². The van der Waals surface area contributed by atoms with Gasteiger partial charge in [0.2, 0.25) is 0 Å². The minimum atomic E-state index is 0.834. The molecule has 2 aromatic carbocycles. The Morgan fingerprint density at radius 2 is 1.90 bits per heavy atom. The number of aryl methyl sites for hydroxylation is 1. The van der Waals surface area contributed by atoms with Gasteiger partial charge in [-0.1, -0.05) is 49.4 Å². The normalized spacial score (nSPS) is 13.6. The lowest BCUT2D eigenvalue weighted by atomic mass is 9.94. The first-order chi connectivity index (χ1) is 10.4. The zero-order chi connectivity index (χ0) is 14.5. The van der Waals surface area contributed by atoms with Crippen LogP contribution in [-0.2, 0) is 13.0 Å². The van der Waals surface area contributed by atoms with E-state index in [4.69, 9.17) is 4.74 Å². The van der Waals surface area contributed by atoms with Gasteiger partial charge in [-0.15, -0.1) is 0 Å². The fourth-order valence-corrected chi connectivity index (χ4v) is 2.94. The molecule has 0 saturated heterocycles. The zero-order valence-electron chi connectivity index (χ0n) is 12.7. The lowest BCUT2D eigenvalue weighted by Crippen LogP contribution is -2.15. The predicted octanol–water partition coefficient (Wildman–Crippen LogP) is 4.18. The Hall–Kier alpha value is -1.80. The molecule has 21 heavy (non-hydrogen) atoms. The second-order valence-electron chi connectivity index (χ2n) is 5.58. The fourth-order valence-electron chi connectivity index (χ4n) is 2.94. The van der Waals surface area contributed by atoms with Crippen molar-refractivity contribution in [2.24, 2.45) is 0 Å². The van der Waals surface area contributed by atoms with Gasteiger partial charge in [0.15, 0.2) is 0 Å². The van der Waals surface area contributed by atoms with Gasteiger partial charge in [-0.05, 0) is 42.5 Å². The Morgan fingerprint density at radius 1 is 1.05 bits per heavy atom. The highest BCUT2D eigenvalue weighted by atomic mass is 16.5. The van der Waals surface area contributed by atoms with Gasteiger partial charge in [0, 0.05) is 12.1 Å². The minimum Gasteiger partial charge on any atom is -0.493 e. The van der Waals surface area contributed by atoms with Crippen LogP contribution in [0.15, 0.2) is 42.5 Å². The van der Waals surface area contributed by atoms with Gasteiger partial charge in [0.05, 0.1) is 6.61 Å². The standard InChI is InChI=1S/C19H23NO/c1-2-12-20-14-16-7-3-4-10-17(16)18-11-5-8-15-9-6-13-21-19(15)18/h3-5,7-8,10-11,20H,2,6,9,12-14H2,1H3. The van der Waals surface area contributed by atoms with Crippen molar-refractivity contribution < 1.29 is 4.74 Å². The molecular weight excluding hydrogens is 258 g/mol. The van der Waals surface area contributed by atoms with Crippen molar-refractivity contribution >= 4 is 0 Å². The topological polar surface area (TPSA) is 21.3 Å². The van der Waals surface area contributed by atoms with Crippen LogP contribution in [0.2, 0.25) is 0 Å². The van der Waals surface area contributed by atoms with Crippen LogP contribution in [0, 0.1) is 0 Å². The highest BCUT2D eigenvalue weighted by molar-refractivity contribution is 5.75. The molecule has 2 aromatic rings. The Morgan fingerprint density at radius 3 is 2.81 bits per heavy atom. The fraction of sp³-hybridized carbons (Fsp3) is 0.368. The second kappa shape index (κ2) is 6.77. The van der Waals surface area contributed by atoms with E-state index in [0.717, 1.165) is 44.7 Å². The van der Waals surface area contributed by atoms with Crippen LogP contribution < -0.4 is 10.1 Å². The third-order valence-electron chi connectivity index (χ3n) is 3.98. The van der Waals surface area contributed by atoms with Crippen LogP contribution in [0.3, 0.4) is 0 Å². The molecule has 0 atom stereocenters. The number of nitrogens with one attached hydrogen (secondary N) is 1. The van der Waals surface area contributed by atoms with Gasteiger partial charge in [0.1, 0.15) is 5.75 Å². The first-order valence-corrected chi connectivity index (χ1v) is 7.94. The molecule has 1 aliphatic heterocycles. The first kappa shape index (κ1) is 14.2. The average molecular weight is 281 g/mol. The third kappa shape index (κ3) is 3.11. The quantitative estimate of drug-likeness (QED) is 0.830. The monoisotopic (exact) mass is 281 g/mol. The summed E-state index contributed by atoms with van der Waals surface area (Å²) in [5.74, 6) is 1.09. The largest absolute Gasteiger partial charge is 0.493 e. The number of ether oxygens (including phenoxy) is 1. The molecule has 2 heteroatoms. The molecule has 110 valence electrons. The van der Waals surface area contributed by atoms with E-state index >= 15 is 0 Å². The average Bonchev–Trinajstić information content (AvgIpc) is 2.55. The van der Waals surface area contributed by atoms with E-state index < -0.39 is 0 Å². The number of rotatable bonds is 5. The van der Waals surface area contributed by atoms with Gasteiger partial charge in [-0.25, -0.2) is 0 Å². The molecule has 0 aliphatic carbocycles. The smallest absolute Gasteiger partial charge is 0.130 e. The number of fused-ring (bicyclic) bond motifs is 1.